The topological polar surface area (TPSA) is 66.9 Å². The molecular formula is C18H24N4O. The molecule has 1 amide bonds. The van der Waals surface area contributed by atoms with E-state index in [4.69, 9.17) is 0 Å². The van der Waals surface area contributed by atoms with Gasteiger partial charge in [0.15, 0.2) is 11.6 Å². The van der Waals surface area contributed by atoms with Gasteiger partial charge in [-0.2, -0.15) is 0 Å². The van der Waals surface area contributed by atoms with Gasteiger partial charge in [0.1, 0.15) is 0 Å². The van der Waals surface area contributed by atoms with Crippen molar-refractivity contribution < 1.29 is 4.79 Å². The largest absolute Gasteiger partial charge is 0.338 e. The number of hydrogen-bond acceptors (Lipinski definition) is 4. The number of nitrogens with zero attached hydrogens (tertiary/aromatic N) is 2. The summed E-state index contributed by atoms with van der Waals surface area (Å²) in [7, 11) is 0. The molecule has 1 aromatic heterocycles. The summed E-state index contributed by atoms with van der Waals surface area (Å²) in [6.45, 7) is 8.36. The van der Waals surface area contributed by atoms with Crippen LogP contribution in [0.3, 0.4) is 0 Å². The molecule has 2 aromatic rings. The van der Waals surface area contributed by atoms with E-state index < -0.39 is 0 Å². The summed E-state index contributed by atoms with van der Waals surface area (Å²) in [5.41, 5.74) is 3.48. The molecule has 1 heterocycles. The van der Waals surface area contributed by atoms with Gasteiger partial charge in [0.05, 0.1) is 0 Å². The summed E-state index contributed by atoms with van der Waals surface area (Å²) in [5, 5.41) is 14.3. The van der Waals surface area contributed by atoms with Crippen molar-refractivity contribution in [3.63, 3.8) is 0 Å². The average molecular weight is 312 g/mol. The van der Waals surface area contributed by atoms with Crippen molar-refractivity contribution in [1.82, 2.24) is 10.2 Å². The molecule has 0 spiro atoms. The zero-order valence-corrected chi connectivity index (χ0v) is 14.2. The van der Waals surface area contributed by atoms with E-state index in [1.54, 1.807) is 6.07 Å². The van der Waals surface area contributed by atoms with Crippen LogP contribution in [0, 0.1) is 6.92 Å². The number of carbonyl (C=O) groups is 1. The number of anilines is 3. The zero-order chi connectivity index (χ0) is 16.8. The molecule has 2 N–H and O–H groups in total. The van der Waals surface area contributed by atoms with Gasteiger partial charge in [0, 0.05) is 12.1 Å². The van der Waals surface area contributed by atoms with E-state index in [1.165, 1.54) is 11.1 Å². The lowest BCUT2D eigenvalue weighted by Gasteiger charge is -2.16. The second-order valence-corrected chi connectivity index (χ2v) is 5.92. The number of nitrogens with one attached hydrogen (secondary N) is 2. The highest BCUT2D eigenvalue weighted by Crippen LogP contribution is 2.29. The van der Waals surface area contributed by atoms with Crippen molar-refractivity contribution >= 4 is 23.2 Å². The zero-order valence-electron chi connectivity index (χ0n) is 14.2. The van der Waals surface area contributed by atoms with E-state index in [1.807, 2.05) is 13.0 Å². The van der Waals surface area contributed by atoms with E-state index in [0.29, 0.717) is 24.0 Å². The Balaban J connectivity index is 2.14. The van der Waals surface area contributed by atoms with E-state index in [0.717, 1.165) is 12.1 Å². The first-order valence-corrected chi connectivity index (χ1v) is 8.01. The summed E-state index contributed by atoms with van der Waals surface area (Å²) in [5.74, 6) is 1.51. The Labute approximate surface area is 137 Å². The van der Waals surface area contributed by atoms with Gasteiger partial charge in [-0.05, 0) is 42.5 Å². The molecular weight excluding hydrogens is 288 g/mol. The van der Waals surface area contributed by atoms with Gasteiger partial charge in [-0.25, -0.2) is 0 Å². The van der Waals surface area contributed by atoms with Crippen molar-refractivity contribution in [3.8, 4) is 0 Å². The molecule has 0 unspecified atom stereocenters. The van der Waals surface area contributed by atoms with Gasteiger partial charge in [-0.3, -0.25) is 4.79 Å². The number of para-hydroxylation sites is 1. The van der Waals surface area contributed by atoms with Gasteiger partial charge < -0.3 is 10.6 Å². The maximum absolute atomic E-state index is 11.6. The highest BCUT2D eigenvalue weighted by molar-refractivity contribution is 5.89. The maximum atomic E-state index is 11.6. The highest BCUT2D eigenvalue weighted by Gasteiger charge is 2.10. The molecule has 2 rings (SSSR count). The molecule has 122 valence electrons. The van der Waals surface area contributed by atoms with Crippen molar-refractivity contribution in [2.45, 2.75) is 46.5 Å². The summed E-state index contributed by atoms with van der Waals surface area (Å²) in [6.07, 6.45) is 1.30. The van der Waals surface area contributed by atoms with Gasteiger partial charge >= 0.3 is 0 Å². The Bertz CT molecular complexity index is 665. The Morgan fingerprint density at radius 1 is 1.13 bits per heavy atom. The molecule has 5 heteroatoms. The van der Waals surface area contributed by atoms with Crippen LogP contribution in [0.5, 0.6) is 0 Å². The molecule has 0 aliphatic heterocycles. The van der Waals surface area contributed by atoms with Crippen LogP contribution >= 0.6 is 0 Å². The normalized spacial score (nSPS) is 10.7. The molecule has 0 atom stereocenters. The third kappa shape index (κ3) is 4.52. The van der Waals surface area contributed by atoms with Crippen molar-refractivity contribution in [3.05, 3.63) is 41.5 Å². The van der Waals surface area contributed by atoms with Crippen LogP contribution in [0.2, 0.25) is 0 Å². The van der Waals surface area contributed by atoms with Crippen LogP contribution in [0.15, 0.2) is 30.3 Å². The van der Waals surface area contributed by atoms with E-state index in [-0.39, 0.29) is 5.91 Å². The third-order valence-corrected chi connectivity index (χ3v) is 3.59. The monoisotopic (exact) mass is 312 g/mol. The predicted octanol–water partition coefficient (Wildman–Crippen LogP) is 4.39. The SMILES string of the molecule is CCCC(=O)Nc1ccc(Nc2c(C)cccc2C(C)C)nn1. The average Bonchev–Trinajstić information content (AvgIpc) is 2.51. The quantitative estimate of drug-likeness (QED) is 0.830. The van der Waals surface area contributed by atoms with E-state index in [2.05, 4.69) is 59.8 Å². The van der Waals surface area contributed by atoms with Crippen LogP contribution in [0.4, 0.5) is 17.3 Å². The number of rotatable bonds is 6. The van der Waals surface area contributed by atoms with Crippen molar-refractivity contribution in [2.75, 3.05) is 10.6 Å². The summed E-state index contributed by atoms with van der Waals surface area (Å²) in [6, 6.07) is 9.84. The van der Waals surface area contributed by atoms with Crippen LogP contribution in [0.25, 0.3) is 0 Å². The second kappa shape index (κ2) is 7.72. The summed E-state index contributed by atoms with van der Waals surface area (Å²) >= 11 is 0. The molecule has 0 saturated heterocycles. The Hall–Kier alpha value is -2.43. The molecule has 0 bridgehead atoms. The first-order chi connectivity index (χ1) is 11.0. The molecule has 5 nitrogen and oxygen atoms in total. The molecule has 0 fully saturated rings. The number of aromatic nitrogens is 2. The van der Waals surface area contributed by atoms with Gasteiger partial charge in [-0.1, -0.05) is 39.0 Å². The highest BCUT2D eigenvalue weighted by atomic mass is 16.1. The second-order valence-electron chi connectivity index (χ2n) is 5.92. The lowest BCUT2D eigenvalue weighted by molar-refractivity contribution is -0.116. The molecule has 1 aromatic carbocycles. The molecule has 23 heavy (non-hydrogen) atoms. The number of carbonyl (C=O) groups excluding carboxylic acids is 1. The minimum Gasteiger partial charge on any atom is -0.338 e. The third-order valence-electron chi connectivity index (χ3n) is 3.59. The van der Waals surface area contributed by atoms with Crippen molar-refractivity contribution in [1.29, 1.82) is 0 Å². The van der Waals surface area contributed by atoms with E-state index >= 15 is 0 Å². The maximum Gasteiger partial charge on any atom is 0.225 e. The predicted molar refractivity (Wildman–Crippen MR) is 94.1 cm³/mol. The first kappa shape index (κ1) is 16.9. The lowest BCUT2D eigenvalue weighted by atomic mass is 9.98. The smallest absolute Gasteiger partial charge is 0.225 e. The standard InChI is InChI=1S/C18H24N4O/c1-5-7-17(23)19-15-10-11-16(22-21-15)20-18-13(4)8-6-9-14(18)12(2)3/h6,8-12H,5,7H2,1-4H3,(H,20,22)(H,19,21,23). The fraction of sp³-hybridized carbons (Fsp3) is 0.389. The van der Waals surface area contributed by atoms with Gasteiger partial charge in [0.2, 0.25) is 5.91 Å². The fourth-order valence-electron chi connectivity index (χ4n) is 2.37. The lowest BCUT2D eigenvalue weighted by Crippen LogP contribution is -2.12. The Morgan fingerprint density at radius 3 is 2.43 bits per heavy atom. The van der Waals surface area contributed by atoms with Gasteiger partial charge in [0.25, 0.3) is 0 Å². The van der Waals surface area contributed by atoms with Gasteiger partial charge in [-0.15, -0.1) is 10.2 Å². The molecule has 0 radical (unpaired) electrons. The Morgan fingerprint density at radius 2 is 1.83 bits per heavy atom. The number of amides is 1. The van der Waals surface area contributed by atoms with Crippen LogP contribution in [0.1, 0.15) is 50.7 Å². The number of aryl methyl sites for hydroxylation is 1. The minimum absolute atomic E-state index is 0.0384. The summed E-state index contributed by atoms with van der Waals surface area (Å²) in [4.78, 5) is 11.6. The van der Waals surface area contributed by atoms with Crippen LogP contribution in [-0.2, 0) is 4.79 Å². The Kier molecular flexibility index (Phi) is 5.68. The van der Waals surface area contributed by atoms with Crippen LogP contribution < -0.4 is 10.6 Å². The molecule has 0 aliphatic carbocycles. The number of benzene rings is 1. The first-order valence-electron chi connectivity index (χ1n) is 8.01. The van der Waals surface area contributed by atoms with E-state index in [9.17, 15) is 4.79 Å². The number of hydrogen-bond donors (Lipinski definition) is 2. The van der Waals surface area contributed by atoms with Crippen molar-refractivity contribution in [2.24, 2.45) is 0 Å². The molecule has 0 saturated carbocycles. The molecule has 0 aliphatic rings. The van der Waals surface area contributed by atoms with Crippen LogP contribution in [-0.4, -0.2) is 16.1 Å². The summed E-state index contributed by atoms with van der Waals surface area (Å²) < 4.78 is 0. The fourth-order valence-corrected chi connectivity index (χ4v) is 2.37. The minimum atomic E-state index is -0.0384.